The molecule has 0 saturated carbocycles. The highest BCUT2D eigenvalue weighted by atomic mass is 32.2. The smallest absolute Gasteiger partial charge is 0.326 e. The van der Waals surface area contributed by atoms with Crippen LogP contribution in [0.4, 0.5) is 4.79 Å². The second-order valence-corrected chi connectivity index (χ2v) is 6.43. The molecule has 0 radical (unpaired) electrons. The molecule has 21 heavy (non-hydrogen) atoms. The lowest BCUT2D eigenvalue weighted by atomic mass is 10.1. The molecular formula is C13H22N2O5S. The Bertz CT molecular complexity index is 372. The molecule has 1 unspecified atom stereocenters. The van der Waals surface area contributed by atoms with Crippen molar-refractivity contribution in [1.29, 1.82) is 0 Å². The summed E-state index contributed by atoms with van der Waals surface area (Å²) in [6, 6.07) is -1.56. The highest BCUT2D eigenvalue weighted by Gasteiger charge is 2.21. The van der Waals surface area contributed by atoms with E-state index in [1.807, 2.05) is 11.8 Å². The van der Waals surface area contributed by atoms with E-state index in [0.29, 0.717) is 11.8 Å². The fraction of sp³-hybridized carbons (Fsp3) is 0.769. The molecule has 2 atom stereocenters. The van der Waals surface area contributed by atoms with Gasteiger partial charge < -0.3 is 20.8 Å². The summed E-state index contributed by atoms with van der Waals surface area (Å²) in [6.07, 6.45) is 3.64. The maximum absolute atomic E-state index is 11.7. The Kier molecular flexibility index (Phi) is 7.96. The first-order valence-electron chi connectivity index (χ1n) is 7.09. The monoisotopic (exact) mass is 318 g/mol. The summed E-state index contributed by atoms with van der Waals surface area (Å²) in [6.45, 7) is 0.526. The van der Waals surface area contributed by atoms with Crippen LogP contribution in [0.25, 0.3) is 0 Å². The molecule has 120 valence electrons. The zero-order chi connectivity index (χ0) is 15.7. The first kappa shape index (κ1) is 17.6. The van der Waals surface area contributed by atoms with Crippen molar-refractivity contribution in [3.05, 3.63) is 0 Å². The number of hydrogen-bond acceptors (Lipinski definition) is 4. The number of thioether (sulfide) groups is 1. The summed E-state index contributed by atoms with van der Waals surface area (Å²) in [4.78, 5) is 33.1. The molecule has 1 aliphatic rings. The third-order valence-corrected chi connectivity index (χ3v) is 4.65. The molecule has 1 saturated heterocycles. The van der Waals surface area contributed by atoms with Gasteiger partial charge in [-0.05, 0) is 31.4 Å². The molecule has 0 aromatic rings. The van der Waals surface area contributed by atoms with E-state index in [2.05, 4.69) is 10.6 Å². The fourth-order valence-corrected chi connectivity index (χ4v) is 3.34. The van der Waals surface area contributed by atoms with Gasteiger partial charge in [0.15, 0.2) is 0 Å². The summed E-state index contributed by atoms with van der Waals surface area (Å²) in [5.74, 6) is -1.03. The van der Waals surface area contributed by atoms with Crippen molar-refractivity contribution in [2.45, 2.75) is 49.8 Å². The minimum Gasteiger partial charge on any atom is -0.481 e. The van der Waals surface area contributed by atoms with Gasteiger partial charge in [0.25, 0.3) is 0 Å². The van der Waals surface area contributed by atoms with Gasteiger partial charge in [-0.3, -0.25) is 4.79 Å². The molecule has 2 amide bonds. The van der Waals surface area contributed by atoms with E-state index in [9.17, 15) is 14.4 Å². The van der Waals surface area contributed by atoms with Crippen molar-refractivity contribution in [1.82, 2.24) is 10.6 Å². The maximum atomic E-state index is 11.7. The van der Waals surface area contributed by atoms with Crippen molar-refractivity contribution >= 4 is 29.7 Å². The van der Waals surface area contributed by atoms with Crippen molar-refractivity contribution in [2.24, 2.45) is 0 Å². The second-order valence-electron chi connectivity index (χ2n) is 5.02. The Hall–Kier alpha value is -1.44. The topological polar surface area (TPSA) is 116 Å². The van der Waals surface area contributed by atoms with Gasteiger partial charge in [-0.25, -0.2) is 9.59 Å². The summed E-state index contributed by atoms with van der Waals surface area (Å²) < 4.78 is 0. The minimum absolute atomic E-state index is 0.104. The van der Waals surface area contributed by atoms with Gasteiger partial charge in [-0.15, -0.1) is 0 Å². The van der Waals surface area contributed by atoms with E-state index in [1.54, 1.807) is 0 Å². The van der Waals surface area contributed by atoms with Crippen molar-refractivity contribution in [3.63, 3.8) is 0 Å². The number of aliphatic carboxylic acids is 2. The van der Waals surface area contributed by atoms with E-state index in [0.717, 1.165) is 18.6 Å². The predicted molar refractivity (Wildman–Crippen MR) is 79.5 cm³/mol. The van der Waals surface area contributed by atoms with Gasteiger partial charge in [0.05, 0.1) is 0 Å². The van der Waals surface area contributed by atoms with Gasteiger partial charge in [-0.2, -0.15) is 11.8 Å². The van der Waals surface area contributed by atoms with Gasteiger partial charge in [-0.1, -0.05) is 6.42 Å². The molecule has 1 aliphatic heterocycles. The molecule has 0 bridgehead atoms. The molecule has 4 N–H and O–H groups in total. The molecule has 1 fully saturated rings. The number of carboxylic acid groups (broad SMARTS) is 2. The normalized spacial score (nSPS) is 19.5. The number of rotatable bonds is 8. The van der Waals surface area contributed by atoms with E-state index in [1.165, 1.54) is 6.42 Å². The number of amides is 2. The van der Waals surface area contributed by atoms with Crippen LogP contribution in [0.3, 0.4) is 0 Å². The van der Waals surface area contributed by atoms with Crippen LogP contribution < -0.4 is 10.6 Å². The van der Waals surface area contributed by atoms with E-state index in [-0.39, 0.29) is 19.3 Å². The molecule has 1 heterocycles. The van der Waals surface area contributed by atoms with Gasteiger partial charge in [0.2, 0.25) is 0 Å². The third kappa shape index (κ3) is 7.79. The first-order chi connectivity index (χ1) is 9.99. The Morgan fingerprint density at radius 2 is 2.00 bits per heavy atom. The van der Waals surface area contributed by atoms with Crippen LogP contribution in [-0.2, 0) is 9.59 Å². The predicted octanol–water partition coefficient (Wildman–Crippen LogP) is 1.28. The molecular weight excluding hydrogens is 296 g/mol. The lowest BCUT2D eigenvalue weighted by Gasteiger charge is -2.22. The Labute approximate surface area is 127 Å². The molecule has 0 aromatic carbocycles. The molecule has 1 rings (SSSR count). The third-order valence-electron chi connectivity index (χ3n) is 3.25. The average molecular weight is 318 g/mol. The van der Waals surface area contributed by atoms with Crippen molar-refractivity contribution in [2.75, 3.05) is 12.3 Å². The highest BCUT2D eigenvalue weighted by Crippen LogP contribution is 2.24. The van der Waals surface area contributed by atoms with Crippen LogP contribution in [0.2, 0.25) is 0 Å². The van der Waals surface area contributed by atoms with E-state index >= 15 is 0 Å². The van der Waals surface area contributed by atoms with Crippen molar-refractivity contribution in [3.8, 4) is 0 Å². The van der Waals surface area contributed by atoms with Gasteiger partial charge >= 0.3 is 18.0 Å². The lowest BCUT2D eigenvalue weighted by molar-refractivity contribution is -0.140. The van der Waals surface area contributed by atoms with E-state index in [4.69, 9.17) is 10.2 Å². The Morgan fingerprint density at radius 1 is 1.24 bits per heavy atom. The van der Waals surface area contributed by atoms with E-state index < -0.39 is 24.0 Å². The second kappa shape index (κ2) is 9.49. The van der Waals surface area contributed by atoms with Crippen LogP contribution in [-0.4, -0.2) is 51.8 Å². The lowest BCUT2D eigenvalue weighted by Crippen LogP contribution is -2.47. The number of hydrogen-bond donors (Lipinski definition) is 4. The fourth-order valence-electron chi connectivity index (χ4n) is 2.10. The summed E-state index contributed by atoms with van der Waals surface area (Å²) in [5.41, 5.74) is 0. The number of carbonyl (C=O) groups excluding carboxylic acids is 1. The SMILES string of the molecule is O=C(O)CCC[C@@H](NC(=O)NCC1CCCCS1)C(=O)O. The zero-order valence-corrected chi connectivity index (χ0v) is 12.7. The summed E-state index contributed by atoms with van der Waals surface area (Å²) in [7, 11) is 0. The minimum atomic E-state index is -1.15. The Morgan fingerprint density at radius 3 is 2.57 bits per heavy atom. The largest absolute Gasteiger partial charge is 0.481 e. The van der Waals surface area contributed by atoms with Gasteiger partial charge in [0.1, 0.15) is 6.04 Å². The maximum Gasteiger partial charge on any atom is 0.326 e. The van der Waals surface area contributed by atoms with Crippen LogP contribution in [0.15, 0.2) is 0 Å². The average Bonchev–Trinajstić information content (AvgIpc) is 2.44. The number of carbonyl (C=O) groups is 3. The number of carboxylic acids is 2. The molecule has 0 aliphatic carbocycles. The van der Waals surface area contributed by atoms with Crippen LogP contribution in [0, 0.1) is 0 Å². The first-order valence-corrected chi connectivity index (χ1v) is 8.14. The molecule has 8 heteroatoms. The number of nitrogens with one attached hydrogen (secondary N) is 2. The van der Waals surface area contributed by atoms with Crippen LogP contribution >= 0.6 is 11.8 Å². The van der Waals surface area contributed by atoms with Gasteiger partial charge in [0, 0.05) is 18.2 Å². The molecule has 7 nitrogen and oxygen atoms in total. The summed E-state index contributed by atoms with van der Waals surface area (Å²) >= 11 is 1.82. The zero-order valence-electron chi connectivity index (χ0n) is 11.8. The van der Waals surface area contributed by atoms with Crippen LogP contribution in [0.1, 0.15) is 38.5 Å². The molecule has 0 aromatic heterocycles. The van der Waals surface area contributed by atoms with Crippen LogP contribution in [0.5, 0.6) is 0 Å². The Balaban J connectivity index is 2.27. The summed E-state index contributed by atoms with van der Waals surface area (Å²) in [5, 5.41) is 23.0. The molecule has 0 spiro atoms. The quantitative estimate of drug-likeness (QED) is 0.536. The standard InChI is InChI=1S/C13H22N2O5S/c16-11(17)6-3-5-10(12(18)19)15-13(20)14-8-9-4-1-2-7-21-9/h9-10H,1-8H2,(H,16,17)(H,18,19)(H2,14,15,20)/t9?,10-/m1/s1. The van der Waals surface area contributed by atoms with Crippen molar-refractivity contribution < 1.29 is 24.6 Å². The number of urea groups is 1. The highest BCUT2D eigenvalue weighted by molar-refractivity contribution is 7.99.